The van der Waals surface area contributed by atoms with Crippen molar-refractivity contribution < 1.29 is 0 Å². The van der Waals surface area contributed by atoms with Gasteiger partial charge in [0.25, 0.3) is 0 Å². The van der Waals surface area contributed by atoms with E-state index in [-0.39, 0.29) is 0 Å². The molecule has 9 aromatic rings. The van der Waals surface area contributed by atoms with Crippen LogP contribution < -0.4 is 4.90 Å². The van der Waals surface area contributed by atoms with Crippen molar-refractivity contribution in [1.82, 2.24) is 0 Å². The monoisotopic (exact) mass is 701 g/mol. The maximum absolute atomic E-state index is 2.40. The van der Waals surface area contributed by atoms with Crippen LogP contribution in [0.1, 0.15) is 0 Å². The Morgan fingerprint density at radius 3 is 1.05 bits per heavy atom. The Balaban J connectivity index is 1.25. The van der Waals surface area contributed by atoms with Crippen molar-refractivity contribution in [2.75, 3.05) is 4.90 Å². The second-order valence-electron chi connectivity index (χ2n) is 13.7. The van der Waals surface area contributed by atoms with Gasteiger partial charge in [0, 0.05) is 16.9 Å². The van der Waals surface area contributed by atoms with Gasteiger partial charge in [0.05, 0.1) is 5.69 Å². The molecule has 0 aliphatic heterocycles. The van der Waals surface area contributed by atoms with Crippen LogP contribution in [0.15, 0.2) is 237 Å². The van der Waals surface area contributed by atoms with Gasteiger partial charge >= 0.3 is 0 Å². The molecule has 9 aromatic carbocycles. The highest BCUT2D eigenvalue weighted by Crippen LogP contribution is 2.46. The Labute approximate surface area is 324 Å². The summed E-state index contributed by atoms with van der Waals surface area (Å²) in [6.45, 7) is 0. The van der Waals surface area contributed by atoms with Gasteiger partial charge in [-0.25, -0.2) is 0 Å². The van der Waals surface area contributed by atoms with Gasteiger partial charge in [-0.15, -0.1) is 0 Å². The Kier molecular flexibility index (Phi) is 9.41. The third kappa shape index (κ3) is 7.00. The fraction of sp³-hybridized carbons (Fsp3) is 0. The van der Waals surface area contributed by atoms with Crippen LogP contribution in [0.2, 0.25) is 0 Å². The number of nitrogens with zero attached hydrogens (tertiary/aromatic N) is 1. The lowest BCUT2D eigenvalue weighted by Crippen LogP contribution is -2.11. The summed E-state index contributed by atoms with van der Waals surface area (Å²) in [6.07, 6.45) is 0. The highest BCUT2D eigenvalue weighted by Gasteiger charge is 2.21. The van der Waals surface area contributed by atoms with Crippen LogP contribution in [-0.4, -0.2) is 0 Å². The van der Waals surface area contributed by atoms with Crippen LogP contribution >= 0.6 is 0 Å². The van der Waals surface area contributed by atoms with E-state index in [0.29, 0.717) is 0 Å². The normalized spacial score (nSPS) is 10.9. The largest absolute Gasteiger partial charge is 0.310 e. The lowest BCUT2D eigenvalue weighted by Gasteiger charge is -2.29. The second kappa shape index (κ2) is 15.4. The van der Waals surface area contributed by atoms with Crippen molar-refractivity contribution in [3.8, 4) is 66.8 Å². The Bertz CT molecular complexity index is 2560. The third-order valence-corrected chi connectivity index (χ3v) is 10.3. The van der Waals surface area contributed by atoms with Gasteiger partial charge < -0.3 is 4.90 Å². The van der Waals surface area contributed by atoms with Crippen molar-refractivity contribution in [3.05, 3.63) is 237 Å². The topological polar surface area (TPSA) is 3.24 Å². The molecule has 0 saturated carbocycles. The quantitative estimate of drug-likeness (QED) is 0.145. The summed E-state index contributed by atoms with van der Waals surface area (Å²) in [5.74, 6) is 0. The minimum absolute atomic E-state index is 1.09. The summed E-state index contributed by atoms with van der Waals surface area (Å²) in [7, 11) is 0. The predicted molar refractivity (Wildman–Crippen MR) is 234 cm³/mol. The fourth-order valence-electron chi connectivity index (χ4n) is 7.59. The molecule has 260 valence electrons. The summed E-state index contributed by atoms with van der Waals surface area (Å²) in [5, 5.41) is 0. The van der Waals surface area contributed by atoms with Gasteiger partial charge in [0.2, 0.25) is 0 Å². The number of anilines is 3. The van der Waals surface area contributed by atoms with Crippen molar-refractivity contribution in [2.45, 2.75) is 0 Å². The smallest absolute Gasteiger partial charge is 0.0540 e. The zero-order chi connectivity index (χ0) is 36.8. The average molecular weight is 702 g/mol. The Hall–Kier alpha value is -7.22. The van der Waals surface area contributed by atoms with E-state index in [1.54, 1.807) is 0 Å². The Morgan fingerprint density at radius 1 is 0.200 bits per heavy atom. The molecule has 0 atom stereocenters. The number of hydrogen-bond donors (Lipinski definition) is 0. The highest BCUT2D eigenvalue weighted by atomic mass is 15.1. The van der Waals surface area contributed by atoms with Gasteiger partial charge in [-0.1, -0.05) is 200 Å². The molecule has 0 saturated heterocycles. The molecule has 0 amide bonds. The summed E-state index contributed by atoms with van der Waals surface area (Å²) in [4.78, 5) is 2.40. The molecule has 9 rings (SSSR count). The number of rotatable bonds is 9. The first-order chi connectivity index (χ1) is 27.3. The number of benzene rings is 9. The summed E-state index contributed by atoms with van der Waals surface area (Å²) in [6, 6.07) is 85.1. The first-order valence-electron chi connectivity index (χ1n) is 18.8. The number of para-hydroxylation sites is 1. The Morgan fingerprint density at radius 2 is 0.545 bits per heavy atom. The van der Waals surface area contributed by atoms with Crippen molar-refractivity contribution >= 4 is 17.1 Å². The van der Waals surface area contributed by atoms with Crippen LogP contribution in [0.3, 0.4) is 0 Å². The molecule has 0 radical (unpaired) electrons. The molecular weight excluding hydrogens is 663 g/mol. The standard InChI is InChI=1S/C54H39N/c1-5-17-40(18-6-1)43-29-34-47(35-30-43)55(48-36-31-44(32-37-48)41-19-7-2-8-20-41)54-28-16-15-27-52(54)53-39-46(42-21-9-3-10-22-42)33-38-51(53)50-26-14-13-25-49(50)45-23-11-4-12-24-45/h1-39H. The van der Waals surface area contributed by atoms with E-state index in [0.717, 1.165) is 22.6 Å². The van der Waals surface area contributed by atoms with Crippen LogP contribution in [0, 0.1) is 0 Å². The van der Waals surface area contributed by atoms with Crippen LogP contribution in [0.4, 0.5) is 17.1 Å². The summed E-state index contributed by atoms with van der Waals surface area (Å²) in [5.41, 5.74) is 17.5. The summed E-state index contributed by atoms with van der Waals surface area (Å²) >= 11 is 0. The fourth-order valence-corrected chi connectivity index (χ4v) is 7.59. The van der Waals surface area contributed by atoms with E-state index in [1.165, 1.54) is 61.2 Å². The van der Waals surface area contributed by atoms with E-state index >= 15 is 0 Å². The molecule has 0 fully saturated rings. The maximum atomic E-state index is 2.40. The molecule has 1 heteroatoms. The average Bonchev–Trinajstić information content (AvgIpc) is 3.28. The first-order valence-corrected chi connectivity index (χ1v) is 18.8. The first kappa shape index (κ1) is 33.6. The molecule has 0 spiro atoms. The molecule has 0 N–H and O–H groups in total. The molecule has 0 heterocycles. The van der Waals surface area contributed by atoms with Crippen LogP contribution in [0.25, 0.3) is 66.8 Å². The zero-order valence-corrected chi connectivity index (χ0v) is 30.5. The SMILES string of the molecule is c1ccc(-c2ccc(N(c3ccc(-c4ccccc4)cc3)c3ccccc3-c3cc(-c4ccccc4)ccc3-c3ccccc3-c3ccccc3)cc2)cc1. The van der Waals surface area contributed by atoms with Gasteiger partial charge in [-0.05, 0) is 97.6 Å². The van der Waals surface area contributed by atoms with E-state index in [4.69, 9.17) is 0 Å². The van der Waals surface area contributed by atoms with E-state index in [9.17, 15) is 0 Å². The molecular formula is C54H39N. The van der Waals surface area contributed by atoms with Gasteiger partial charge in [0.15, 0.2) is 0 Å². The van der Waals surface area contributed by atoms with Crippen LogP contribution in [0.5, 0.6) is 0 Å². The third-order valence-electron chi connectivity index (χ3n) is 10.3. The van der Waals surface area contributed by atoms with Crippen molar-refractivity contribution in [2.24, 2.45) is 0 Å². The van der Waals surface area contributed by atoms with E-state index in [1.807, 2.05) is 0 Å². The van der Waals surface area contributed by atoms with Crippen LogP contribution in [-0.2, 0) is 0 Å². The molecule has 1 nitrogen and oxygen atoms in total. The molecule has 0 aliphatic carbocycles. The zero-order valence-electron chi connectivity index (χ0n) is 30.5. The van der Waals surface area contributed by atoms with Crippen molar-refractivity contribution in [3.63, 3.8) is 0 Å². The molecule has 0 unspecified atom stereocenters. The molecule has 0 bridgehead atoms. The molecule has 55 heavy (non-hydrogen) atoms. The minimum atomic E-state index is 1.09. The maximum Gasteiger partial charge on any atom is 0.0540 e. The van der Waals surface area contributed by atoms with Gasteiger partial charge in [-0.2, -0.15) is 0 Å². The highest BCUT2D eigenvalue weighted by molar-refractivity contribution is 5.98. The molecule has 0 aromatic heterocycles. The predicted octanol–water partition coefficient (Wildman–Crippen LogP) is 15.2. The van der Waals surface area contributed by atoms with Crippen molar-refractivity contribution in [1.29, 1.82) is 0 Å². The van der Waals surface area contributed by atoms with Gasteiger partial charge in [0.1, 0.15) is 0 Å². The lowest BCUT2D eigenvalue weighted by atomic mass is 9.86. The lowest BCUT2D eigenvalue weighted by molar-refractivity contribution is 1.28. The second-order valence-corrected chi connectivity index (χ2v) is 13.7. The number of hydrogen-bond acceptors (Lipinski definition) is 1. The molecule has 0 aliphatic rings. The minimum Gasteiger partial charge on any atom is -0.310 e. The summed E-state index contributed by atoms with van der Waals surface area (Å²) < 4.78 is 0. The van der Waals surface area contributed by atoms with E-state index < -0.39 is 0 Å². The van der Waals surface area contributed by atoms with E-state index in [2.05, 4.69) is 241 Å². The van der Waals surface area contributed by atoms with Gasteiger partial charge in [-0.3, -0.25) is 0 Å².